The molecule has 6 aromatic heterocycles. The van der Waals surface area contributed by atoms with Gasteiger partial charge in [-0.3, -0.25) is 9.97 Å². The number of aryl methyl sites for hydroxylation is 2. The molecule has 2 aromatic carbocycles. The molecule has 4 aliphatic rings. The molecule has 16 bridgehead atoms. The Morgan fingerprint density at radius 3 is 1.19 bits per heavy atom. The van der Waals surface area contributed by atoms with Crippen LogP contribution >= 0.6 is 0 Å². The second-order valence-electron chi connectivity index (χ2n) is 20.0. The van der Waals surface area contributed by atoms with Crippen molar-refractivity contribution in [1.29, 1.82) is 0 Å². The van der Waals surface area contributed by atoms with E-state index in [-0.39, 0.29) is 10.8 Å². The van der Waals surface area contributed by atoms with Crippen LogP contribution in [0.5, 0.6) is 0 Å². The summed E-state index contributed by atoms with van der Waals surface area (Å²) >= 11 is 0. The summed E-state index contributed by atoms with van der Waals surface area (Å²) in [6.07, 6.45) is 5.82. The van der Waals surface area contributed by atoms with Crippen molar-refractivity contribution in [2.75, 3.05) is 0 Å². The van der Waals surface area contributed by atoms with Gasteiger partial charge in [0, 0.05) is 102 Å². The number of hydrogen-bond acceptors (Lipinski definition) is 4. The zero-order chi connectivity index (χ0) is 46.3. The Kier molecular flexibility index (Phi) is 9.49. The Morgan fingerprint density at radius 1 is 0.412 bits per heavy atom. The molecule has 0 fully saturated rings. The van der Waals surface area contributed by atoms with Gasteiger partial charge in [0.25, 0.3) is 0 Å². The molecule has 12 rings (SSSR count). The van der Waals surface area contributed by atoms with Gasteiger partial charge in [-0.25, -0.2) is 9.97 Å². The van der Waals surface area contributed by atoms with Gasteiger partial charge in [-0.2, -0.15) is 0 Å². The normalized spacial score (nSPS) is 14.8. The van der Waals surface area contributed by atoms with E-state index in [1.54, 1.807) is 0 Å². The lowest BCUT2D eigenvalue weighted by Gasteiger charge is -2.15. The lowest BCUT2D eigenvalue weighted by molar-refractivity contribution is 0.543. The summed E-state index contributed by atoms with van der Waals surface area (Å²) in [5, 5.41) is 0. The quantitative estimate of drug-likeness (QED) is 0.129. The summed E-state index contributed by atoms with van der Waals surface area (Å²) in [7, 11) is 0. The molecule has 8 aromatic rings. The number of aromatic amines is 4. The van der Waals surface area contributed by atoms with Crippen molar-refractivity contribution >= 4 is 67.4 Å². The molecule has 0 spiro atoms. The number of rotatable bonds is 2. The van der Waals surface area contributed by atoms with Crippen LogP contribution in [0.15, 0.2) is 133 Å². The molecular formula is C60H50N8. The highest BCUT2D eigenvalue weighted by molar-refractivity contribution is 6.03. The molecular weight excluding hydrogens is 833 g/mol. The van der Waals surface area contributed by atoms with Gasteiger partial charge >= 0.3 is 0 Å². The Bertz CT molecular complexity index is 3620. The largest absolute Gasteiger partial charge is 0.355 e. The number of benzene rings is 2. The van der Waals surface area contributed by atoms with Crippen molar-refractivity contribution < 1.29 is 0 Å². The zero-order valence-corrected chi connectivity index (χ0v) is 39.1. The van der Waals surface area contributed by atoms with Gasteiger partial charge in [0.2, 0.25) is 0 Å². The minimum Gasteiger partial charge on any atom is -0.355 e. The van der Waals surface area contributed by atoms with Crippen molar-refractivity contribution in [3.05, 3.63) is 190 Å². The summed E-state index contributed by atoms with van der Waals surface area (Å²) < 4.78 is 0. The predicted molar refractivity (Wildman–Crippen MR) is 279 cm³/mol. The minimum absolute atomic E-state index is 0.177. The molecule has 8 heteroatoms. The van der Waals surface area contributed by atoms with Gasteiger partial charge in [-0.05, 0) is 122 Å². The van der Waals surface area contributed by atoms with Crippen LogP contribution in [0, 0.1) is 25.7 Å². The van der Waals surface area contributed by atoms with E-state index in [9.17, 15) is 0 Å². The van der Waals surface area contributed by atoms with Crippen LogP contribution in [0.2, 0.25) is 0 Å². The molecule has 0 amide bonds. The van der Waals surface area contributed by atoms with Crippen LogP contribution in [0.25, 0.3) is 89.7 Å². The molecule has 8 nitrogen and oxygen atoms in total. The van der Waals surface area contributed by atoms with Crippen LogP contribution in [0.1, 0.15) is 84.4 Å². The first-order valence-corrected chi connectivity index (χ1v) is 23.4. The van der Waals surface area contributed by atoms with Crippen LogP contribution in [-0.2, 0) is 23.7 Å². The number of hydrogen-bond donors (Lipinski definition) is 4. The van der Waals surface area contributed by atoms with Crippen LogP contribution in [0.4, 0.5) is 0 Å². The first-order valence-electron chi connectivity index (χ1n) is 23.4. The zero-order valence-electron chi connectivity index (χ0n) is 39.1. The fourth-order valence-electron chi connectivity index (χ4n) is 9.83. The van der Waals surface area contributed by atoms with E-state index in [0.29, 0.717) is 0 Å². The molecule has 0 radical (unpaired) electrons. The Labute approximate surface area is 395 Å². The molecule has 10 heterocycles. The third-order valence-corrected chi connectivity index (χ3v) is 13.5. The number of aromatic nitrogens is 8. The average molecular weight is 883 g/mol. The van der Waals surface area contributed by atoms with E-state index in [1.807, 2.05) is 0 Å². The van der Waals surface area contributed by atoms with E-state index >= 15 is 0 Å². The van der Waals surface area contributed by atoms with Gasteiger partial charge in [0.05, 0.1) is 33.9 Å². The van der Waals surface area contributed by atoms with Gasteiger partial charge in [-0.1, -0.05) is 99.2 Å². The first-order chi connectivity index (χ1) is 32.8. The molecule has 0 saturated carbocycles. The van der Waals surface area contributed by atoms with E-state index in [0.717, 1.165) is 136 Å². The Hall–Kier alpha value is -8.28. The second-order valence-corrected chi connectivity index (χ2v) is 20.0. The molecule has 0 saturated heterocycles. The molecule has 4 N–H and O–H groups in total. The Balaban J connectivity index is 1.10. The lowest BCUT2D eigenvalue weighted by Crippen LogP contribution is -2.15. The molecule has 0 unspecified atom stereocenters. The maximum absolute atomic E-state index is 5.44. The summed E-state index contributed by atoms with van der Waals surface area (Å²) in [6, 6.07) is 47.2. The van der Waals surface area contributed by atoms with Crippen LogP contribution in [0.3, 0.4) is 0 Å². The highest BCUT2D eigenvalue weighted by atomic mass is 14.8. The fraction of sp³-hybridized carbons (Fsp3) is 0.167. The summed E-state index contributed by atoms with van der Waals surface area (Å²) in [5.41, 5.74) is 22.9. The third-order valence-electron chi connectivity index (χ3n) is 13.5. The van der Waals surface area contributed by atoms with E-state index in [4.69, 9.17) is 19.9 Å². The highest BCUT2D eigenvalue weighted by Crippen LogP contribution is 2.38. The second kappa shape index (κ2) is 15.7. The maximum atomic E-state index is 5.44. The van der Waals surface area contributed by atoms with Gasteiger partial charge in [0.1, 0.15) is 0 Å². The Morgan fingerprint density at radius 2 is 0.779 bits per heavy atom. The average Bonchev–Trinajstić information content (AvgIpc) is 4.17. The van der Waals surface area contributed by atoms with Crippen LogP contribution < -0.4 is 0 Å². The van der Waals surface area contributed by atoms with E-state index in [2.05, 4.69) is 219 Å². The molecule has 4 aliphatic heterocycles. The number of allylic oxidation sites excluding steroid dienone is 2. The van der Waals surface area contributed by atoms with E-state index in [1.165, 1.54) is 11.1 Å². The van der Waals surface area contributed by atoms with Crippen molar-refractivity contribution in [2.24, 2.45) is 0 Å². The van der Waals surface area contributed by atoms with Crippen molar-refractivity contribution in [2.45, 2.75) is 65.2 Å². The monoisotopic (exact) mass is 882 g/mol. The summed E-state index contributed by atoms with van der Waals surface area (Å²) in [4.78, 5) is 36.0. The van der Waals surface area contributed by atoms with Crippen molar-refractivity contribution in [3.63, 3.8) is 0 Å². The topological polar surface area (TPSA) is 115 Å². The standard InChI is InChI=1S/C60H50N8/c1-35-7-11-37(12-8-35)57-49-23-21-43(63-49)27-41-17-19-45(61-41)31-55-59(3,4)33-47(65-55)29-51-39(25-53(57)67-51)15-16-40-26-54-58(38-13-9-36(2)10-14-38)50-24-22-44(64-50)28-42-18-20-46(62-42)32-56-60(5,6)34-48(66-56)30-52(40)68-54/h7-14,17-32,61-64H,33-34H2,1-6H3. The first kappa shape index (κ1) is 41.2. The number of nitrogens with one attached hydrogen (secondary N) is 4. The SMILES string of the molecule is Cc1ccc(-c2c3nc(cc4nc(cc5ccc(cc6ccc2[nH]6)[nH]5)C(C)(C)C4)C(C#CC2=Cc4nc2cc2nc(cc5ccc(cc6ccc([nH]6)c4-c4ccc(C)cc4)[nH]5)C(C)(C)C2)=C3)cc1. The predicted octanol–water partition coefficient (Wildman–Crippen LogP) is 13.7. The number of fused-ring (bicyclic) bond motifs is 16. The van der Waals surface area contributed by atoms with E-state index < -0.39 is 0 Å². The van der Waals surface area contributed by atoms with Crippen molar-refractivity contribution in [1.82, 2.24) is 39.9 Å². The van der Waals surface area contributed by atoms with Gasteiger partial charge in [-0.15, -0.1) is 0 Å². The van der Waals surface area contributed by atoms with Crippen molar-refractivity contribution in [3.8, 4) is 34.1 Å². The summed E-state index contributed by atoms with van der Waals surface area (Å²) in [5.74, 6) is 7.32. The third kappa shape index (κ3) is 7.76. The van der Waals surface area contributed by atoms with Gasteiger partial charge < -0.3 is 19.9 Å². The highest BCUT2D eigenvalue weighted by Gasteiger charge is 2.30. The fourth-order valence-corrected chi connectivity index (χ4v) is 9.83. The number of nitrogens with zero attached hydrogens (tertiary/aromatic N) is 4. The minimum atomic E-state index is -0.177. The lowest BCUT2D eigenvalue weighted by atomic mass is 9.87. The molecule has 0 aliphatic carbocycles. The maximum Gasteiger partial charge on any atom is 0.0812 e. The molecule has 0 atom stereocenters. The molecule has 68 heavy (non-hydrogen) atoms. The summed E-state index contributed by atoms with van der Waals surface area (Å²) in [6.45, 7) is 13.3. The van der Waals surface area contributed by atoms with Crippen LogP contribution in [-0.4, -0.2) is 39.9 Å². The van der Waals surface area contributed by atoms with Gasteiger partial charge in [0.15, 0.2) is 0 Å². The molecule has 330 valence electrons. The smallest absolute Gasteiger partial charge is 0.0812 e. The number of H-pyrrole nitrogens is 4.